The first-order valence-electron chi connectivity index (χ1n) is 4.62. The fourth-order valence-corrected chi connectivity index (χ4v) is 1.67. The number of phenolic OH excluding ortho intramolecular Hbond substituents is 1. The maximum atomic E-state index is 9.76. The van der Waals surface area contributed by atoms with Gasteiger partial charge in [0.2, 0.25) is 0 Å². The third-order valence-corrected chi connectivity index (χ3v) is 2.36. The number of aryl methyl sites for hydroxylation is 2. The first-order chi connectivity index (χ1) is 7.11. The number of nitrogens with zero attached hydrogens (tertiary/aromatic N) is 1. The molecular weight excluding hydrogens is 192 g/mol. The second-order valence-corrected chi connectivity index (χ2v) is 3.44. The molecule has 0 bridgehead atoms. The molecule has 15 heavy (non-hydrogen) atoms. The number of hydrogen-bond donors (Lipinski definition) is 2. The summed E-state index contributed by atoms with van der Waals surface area (Å²) in [4.78, 5) is 0. The van der Waals surface area contributed by atoms with E-state index in [1.54, 1.807) is 25.1 Å². The smallest absolute Gasteiger partial charge is 0.141 e. The largest absolute Gasteiger partial charge is 0.507 e. The Balaban J connectivity index is 2.74. The second kappa shape index (κ2) is 3.31. The van der Waals surface area contributed by atoms with E-state index in [0.717, 1.165) is 11.3 Å². The summed E-state index contributed by atoms with van der Waals surface area (Å²) in [6, 6.07) is 5.03. The number of benzene rings is 1. The Bertz CT molecular complexity index is 464. The SMILES string of the molecule is Cc1noc(C)c1-c1c(N)cccc1O. The summed E-state index contributed by atoms with van der Waals surface area (Å²) in [7, 11) is 0. The van der Waals surface area contributed by atoms with Gasteiger partial charge in [-0.2, -0.15) is 0 Å². The molecule has 4 nitrogen and oxygen atoms in total. The number of rotatable bonds is 1. The van der Waals surface area contributed by atoms with Gasteiger partial charge in [-0.05, 0) is 26.0 Å². The van der Waals surface area contributed by atoms with E-state index in [0.29, 0.717) is 17.0 Å². The van der Waals surface area contributed by atoms with Crippen molar-refractivity contribution in [2.45, 2.75) is 13.8 Å². The highest BCUT2D eigenvalue weighted by molar-refractivity contribution is 5.83. The minimum atomic E-state index is 0.143. The van der Waals surface area contributed by atoms with E-state index in [2.05, 4.69) is 5.16 Å². The van der Waals surface area contributed by atoms with Crippen LogP contribution in [0.3, 0.4) is 0 Å². The summed E-state index contributed by atoms with van der Waals surface area (Å²) in [5, 5.41) is 13.6. The zero-order valence-corrected chi connectivity index (χ0v) is 8.61. The molecule has 1 heterocycles. The number of nitrogens with two attached hydrogens (primary N) is 1. The third-order valence-electron chi connectivity index (χ3n) is 2.36. The lowest BCUT2D eigenvalue weighted by molar-refractivity contribution is 0.393. The molecule has 0 fully saturated rings. The van der Waals surface area contributed by atoms with Crippen LogP contribution in [0.4, 0.5) is 5.69 Å². The molecule has 0 saturated carbocycles. The van der Waals surface area contributed by atoms with Crippen molar-refractivity contribution in [3.63, 3.8) is 0 Å². The number of anilines is 1. The lowest BCUT2D eigenvalue weighted by Gasteiger charge is -2.06. The monoisotopic (exact) mass is 204 g/mol. The maximum Gasteiger partial charge on any atom is 0.141 e. The first kappa shape index (κ1) is 9.58. The van der Waals surface area contributed by atoms with Crippen molar-refractivity contribution in [2.75, 3.05) is 5.73 Å². The molecule has 0 aliphatic heterocycles. The van der Waals surface area contributed by atoms with Crippen LogP contribution in [-0.4, -0.2) is 10.3 Å². The van der Waals surface area contributed by atoms with E-state index in [4.69, 9.17) is 10.3 Å². The van der Waals surface area contributed by atoms with Crippen LogP contribution in [0.25, 0.3) is 11.1 Å². The van der Waals surface area contributed by atoms with Crippen LogP contribution < -0.4 is 5.73 Å². The van der Waals surface area contributed by atoms with Crippen molar-refractivity contribution in [3.8, 4) is 16.9 Å². The van der Waals surface area contributed by atoms with Crippen LogP contribution in [0, 0.1) is 13.8 Å². The highest BCUT2D eigenvalue weighted by Gasteiger charge is 2.17. The van der Waals surface area contributed by atoms with Gasteiger partial charge >= 0.3 is 0 Å². The predicted molar refractivity (Wildman–Crippen MR) is 57.5 cm³/mol. The summed E-state index contributed by atoms with van der Waals surface area (Å²) < 4.78 is 5.04. The van der Waals surface area contributed by atoms with Crippen molar-refractivity contribution in [1.82, 2.24) is 5.16 Å². The number of aromatic nitrogens is 1. The van der Waals surface area contributed by atoms with E-state index in [-0.39, 0.29) is 5.75 Å². The summed E-state index contributed by atoms with van der Waals surface area (Å²) in [6.07, 6.45) is 0. The van der Waals surface area contributed by atoms with Gasteiger partial charge in [0.05, 0.1) is 16.8 Å². The maximum absolute atomic E-state index is 9.76. The summed E-state index contributed by atoms with van der Waals surface area (Å²) >= 11 is 0. The zero-order chi connectivity index (χ0) is 11.0. The highest BCUT2D eigenvalue weighted by Crippen LogP contribution is 2.37. The Kier molecular flexibility index (Phi) is 2.11. The average molecular weight is 204 g/mol. The quantitative estimate of drug-likeness (QED) is 0.699. The standard InChI is InChI=1S/C11H12N2O2/c1-6-10(7(2)15-13-6)11-8(12)4-3-5-9(11)14/h3-5,14H,12H2,1-2H3. The molecule has 0 spiro atoms. The lowest BCUT2D eigenvalue weighted by atomic mass is 10.0. The number of hydrogen-bond acceptors (Lipinski definition) is 4. The first-order valence-corrected chi connectivity index (χ1v) is 4.62. The molecular formula is C11H12N2O2. The van der Waals surface area contributed by atoms with Gasteiger partial charge in [0.1, 0.15) is 11.5 Å². The van der Waals surface area contributed by atoms with E-state index in [1.807, 2.05) is 6.92 Å². The van der Waals surface area contributed by atoms with Gasteiger partial charge in [-0.25, -0.2) is 0 Å². The van der Waals surface area contributed by atoms with Gasteiger partial charge in [0, 0.05) is 5.69 Å². The van der Waals surface area contributed by atoms with E-state index >= 15 is 0 Å². The van der Waals surface area contributed by atoms with Crippen molar-refractivity contribution >= 4 is 5.69 Å². The van der Waals surface area contributed by atoms with Crippen molar-refractivity contribution < 1.29 is 9.63 Å². The second-order valence-electron chi connectivity index (χ2n) is 3.44. The molecule has 1 aromatic heterocycles. The van der Waals surface area contributed by atoms with Crippen LogP contribution in [0.5, 0.6) is 5.75 Å². The molecule has 0 aliphatic rings. The number of nitrogen functional groups attached to an aromatic ring is 1. The Morgan fingerprint density at radius 3 is 2.53 bits per heavy atom. The van der Waals surface area contributed by atoms with Crippen LogP contribution >= 0.6 is 0 Å². The molecule has 0 atom stereocenters. The Morgan fingerprint density at radius 2 is 2.00 bits per heavy atom. The summed E-state index contributed by atoms with van der Waals surface area (Å²) in [6.45, 7) is 3.61. The topological polar surface area (TPSA) is 72.3 Å². The van der Waals surface area contributed by atoms with Crippen molar-refractivity contribution in [1.29, 1.82) is 0 Å². The summed E-state index contributed by atoms with van der Waals surface area (Å²) in [5.74, 6) is 0.796. The highest BCUT2D eigenvalue weighted by atomic mass is 16.5. The van der Waals surface area contributed by atoms with E-state index in [9.17, 15) is 5.11 Å². The molecule has 0 aliphatic carbocycles. The number of phenols is 1. The number of aromatic hydroxyl groups is 1. The molecule has 0 amide bonds. The molecule has 1 aromatic carbocycles. The fraction of sp³-hybridized carbons (Fsp3) is 0.182. The summed E-state index contributed by atoms with van der Waals surface area (Å²) in [5.41, 5.74) is 8.42. The fourth-order valence-electron chi connectivity index (χ4n) is 1.67. The molecule has 0 saturated heterocycles. The predicted octanol–water partition coefficient (Wildman–Crippen LogP) is 2.25. The van der Waals surface area contributed by atoms with Gasteiger partial charge in [0.15, 0.2) is 0 Å². The molecule has 2 aromatic rings. The van der Waals surface area contributed by atoms with Gasteiger partial charge in [0.25, 0.3) is 0 Å². The van der Waals surface area contributed by atoms with Gasteiger partial charge in [-0.1, -0.05) is 11.2 Å². The molecule has 0 radical (unpaired) electrons. The van der Waals surface area contributed by atoms with Crippen molar-refractivity contribution in [2.24, 2.45) is 0 Å². The third kappa shape index (κ3) is 1.44. The molecule has 78 valence electrons. The normalized spacial score (nSPS) is 10.5. The van der Waals surface area contributed by atoms with Gasteiger partial charge < -0.3 is 15.4 Å². The zero-order valence-electron chi connectivity index (χ0n) is 8.61. The van der Waals surface area contributed by atoms with Gasteiger partial charge in [-0.3, -0.25) is 0 Å². The minimum Gasteiger partial charge on any atom is -0.507 e. The van der Waals surface area contributed by atoms with Crippen LogP contribution in [0.1, 0.15) is 11.5 Å². The van der Waals surface area contributed by atoms with E-state index in [1.165, 1.54) is 0 Å². The lowest BCUT2D eigenvalue weighted by Crippen LogP contribution is -1.91. The molecule has 4 heteroatoms. The van der Waals surface area contributed by atoms with Gasteiger partial charge in [-0.15, -0.1) is 0 Å². The van der Waals surface area contributed by atoms with Crippen LogP contribution in [-0.2, 0) is 0 Å². The van der Waals surface area contributed by atoms with E-state index < -0.39 is 0 Å². The Morgan fingerprint density at radius 1 is 1.27 bits per heavy atom. The van der Waals surface area contributed by atoms with Crippen molar-refractivity contribution in [3.05, 3.63) is 29.7 Å². The minimum absolute atomic E-state index is 0.143. The molecule has 2 rings (SSSR count). The van der Waals surface area contributed by atoms with Crippen LogP contribution in [0.2, 0.25) is 0 Å². The van der Waals surface area contributed by atoms with Crippen LogP contribution in [0.15, 0.2) is 22.7 Å². The molecule has 3 N–H and O–H groups in total. The Labute approximate surface area is 87.3 Å². The average Bonchev–Trinajstić information content (AvgIpc) is 2.49. The molecule has 0 unspecified atom stereocenters. The Hall–Kier alpha value is -1.97.